The van der Waals surface area contributed by atoms with Crippen molar-refractivity contribution < 1.29 is 24.7 Å². The normalized spacial score (nSPS) is 10.4. The molecule has 1 aromatic rings. The Morgan fingerprint density at radius 1 is 1.16 bits per heavy atom. The van der Waals surface area contributed by atoms with Gasteiger partial charge >= 0.3 is 11.9 Å². The number of hydrogen-bond acceptors (Lipinski definition) is 6. The Bertz CT molecular complexity index is 473. The van der Waals surface area contributed by atoms with Gasteiger partial charge in [-0.1, -0.05) is 0 Å². The van der Waals surface area contributed by atoms with Crippen molar-refractivity contribution in [3.05, 3.63) is 34.4 Å². The summed E-state index contributed by atoms with van der Waals surface area (Å²) in [4.78, 5) is 31.6. The fraction of sp³-hybridized carbons (Fsp3) is 0.200. The summed E-state index contributed by atoms with van der Waals surface area (Å²) in [7, 11) is 0. The minimum atomic E-state index is -1.16. The number of carboxylic acids is 2. The molecule has 0 amide bonds. The van der Waals surface area contributed by atoms with Gasteiger partial charge in [-0.05, 0) is 24.1 Å². The first kappa shape index (κ1) is 14.9. The molecule has 0 spiro atoms. The van der Waals surface area contributed by atoms with E-state index < -0.39 is 30.0 Å². The zero-order valence-corrected chi connectivity index (χ0v) is 10.4. The highest BCUT2D eigenvalue weighted by molar-refractivity contribution is 7.97. The van der Waals surface area contributed by atoms with Crippen LogP contribution in [-0.4, -0.2) is 44.5 Å². The van der Waals surface area contributed by atoms with Crippen LogP contribution < -0.4 is 0 Å². The molecule has 0 aromatic heterocycles. The van der Waals surface area contributed by atoms with Gasteiger partial charge in [0.2, 0.25) is 0 Å². The van der Waals surface area contributed by atoms with Crippen LogP contribution in [-0.2, 0) is 9.59 Å². The monoisotopic (exact) mass is 286 g/mol. The number of nitrogens with zero attached hydrogens (tertiary/aromatic N) is 2. The number of nitro benzene ring substituents is 1. The van der Waals surface area contributed by atoms with Crippen LogP contribution in [0.2, 0.25) is 0 Å². The Morgan fingerprint density at radius 2 is 1.63 bits per heavy atom. The van der Waals surface area contributed by atoms with Crippen molar-refractivity contribution in [3.63, 3.8) is 0 Å². The molecule has 0 atom stereocenters. The van der Waals surface area contributed by atoms with Crippen molar-refractivity contribution in [2.45, 2.75) is 4.90 Å². The molecule has 9 heteroatoms. The lowest BCUT2D eigenvalue weighted by Gasteiger charge is -2.16. The zero-order chi connectivity index (χ0) is 14.4. The number of hydrogen-bond donors (Lipinski definition) is 2. The summed E-state index contributed by atoms with van der Waals surface area (Å²) < 4.78 is 1.13. The van der Waals surface area contributed by atoms with Crippen molar-refractivity contribution in [1.29, 1.82) is 0 Å². The van der Waals surface area contributed by atoms with Crippen LogP contribution in [0, 0.1) is 10.1 Å². The second-order valence-corrected chi connectivity index (χ2v) is 4.60. The van der Waals surface area contributed by atoms with Crippen LogP contribution in [0.3, 0.4) is 0 Å². The molecular weight excluding hydrogens is 276 g/mol. The SMILES string of the molecule is O=C(O)CN(CC(=O)O)Sc1ccc([N+](=O)[O-])cc1. The lowest BCUT2D eigenvalue weighted by molar-refractivity contribution is -0.384. The molecule has 0 aliphatic heterocycles. The van der Waals surface area contributed by atoms with Gasteiger partial charge in [-0.25, -0.2) is 4.31 Å². The second-order valence-electron chi connectivity index (χ2n) is 3.43. The minimum absolute atomic E-state index is 0.0904. The average Bonchev–Trinajstić information content (AvgIpc) is 2.27. The Morgan fingerprint density at radius 3 is 2.00 bits per heavy atom. The van der Waals surface area contributed by atoms with E-state index in [0.717, 1.165) is 16.3 Å². The maximum atomic E-state index is 10.6. The van der Waals surface area contributed by atoms with Gasteiger partial charge in [0, 0.05) is 17.0 Å². The van der Waals surface area contributed by atoms with E-state index in [0.29, 0.717) is 4.90 Å². The van der Waals surface area contributed by atoms with Crippen molar-refractivity contribution in [3.8, 4) is 0 Å². The van der Waals surface area contributed by atoms with E-state index in [-0.39, 0.29) is 5.69 Å². The lowest BCUT2D eigenvalue weighted by atomic mass is 10.3. The molecule has 1 aromatic carbocycles. The summed E-state index contributed by atoms with van der Waals surface area (Å²) in [6.07, 6.45) is 0. The number of carboxylic acid groups (broad SMARTS) is 2. The number of nitro groups is 1. The van der Waals surface area contributed by atoms with Gasteiger partial charge in [-0.2, -0.15) is 0 Å². The van der Waals surface area contributed by atoms with Gasteiger partial charge in [0.25, 0.3) is 5.69 Å². The Balaban J connectivity index is 2.74. The molecule has 8 nitrogen and oxygen atoms in total. The summed E-state index contributed by atoms with van der Waals surface area (Å²) in [5.41, 5.74) is -0.0904. The topological polar surface area (TPSA) is 121 Å². The first-order valence-corrected chi connectivity index (χ1v) is 5.77. The number of aliphatic carboxylic acids is 2. The first-order chi connectivity index (χ1) is 8.88. The van der Waals surface area contributed by atoms with Gasteiger partial charge in [0.15, 0.2) is 0 Å². The Hall–Kier alpha value is -2.13. The van der Waals surface area contributed by atoms with E-state index in [4.69, 9.17) is 10.2 Å². The third kappa shape index (κ3) is 5.36. The smallest absolute Gasteiger partial charge is 0.318 e. The fourth-order valence-electron chi connectivity index (χ4n) is 1.20. The van der Waals surface area contributed by atoms with E-state index in [2.05, 4.69) is 0 Å². The molecule has 2 N–H and O–H groups in total. The predicted octanol–water partition coefficient (Wildman–Crippen LogP) is 1.07. The molecule has 0 saturated heterocycles. The molecule has 102 valence electrons. The lowest BCUT2D eigenvalue weighted by Crippen LogP contribution is -2.28. The van der Waals surface area contributed by atoms with Gasteiger partial charge < -0.3 is 10.2 Å². The molecule has 0 unspecified atom stereocenters. The van der Waals surface area contributed by atoms with Gasteiger partial charge in [-0.3, -0.25) is 19.7 Å². The summed E-state index contributed by atoms with van der Waals surface area (Å²) >= 11 is 0.915. The van der Waals surface area contributed by atoms with Crippen molar-refractivity contribution in [2.75, 3.05) is 13.1 Å². The minimum Gasteiger partial charge on any atom is -0.480 e. The standard InChI is InChI=1S/C10H10N2O6S/c13-9(14)5-11(6-10(15)16)19-8-3-1-7(2-4-8)12(17)18/h1-4H,5-6H2,(H,13,14)(H,15,16). The summed E-state index contributed by atoms with van der Waals surface area (Å²) in [5.74, 6) is -2.31. The van der Waals surface area contributed by atoms with Crippen molar-refractivity contribution in [2.24, 2.45) is 0 Å². The number of carbonyl (C=O) groups is 2. The predicted molar refractivity (Wildman–Crippen MR) is 65.8 cm³/mol. The highest BCUT2D eigenvalue weighted by Crippen LogP contribution is 2.24. The summed E-state index contributed by atoms with van der Waals surface area (Å²) in [6, 6.07) is 5.39. The molecule has 0 aliphatic rings. The molecule has 19 heavy (non-hydrogen) atoms. The molecule has 0 fully saturated rings. The van der Waals surface area contributed by atoms with E-state index in [1.165, 1.54) is 24.3 Å². The maximum Gasteiger partial charge on any atom is 0.318 e. The molecule has 0 heterocycles. The third-order valence-electron chi connectivity index (χ3n) is 1.91. The van der Waals surface area contributed by atoms with E-state index >= 15 is 0 Å². The van der Waals surface area contributed by atoms with E-state index in [9.17, 15) is 19.7 Å². The van der Waals surface area contributed by atoms with E-state index in [1.54, 1.807) is 0 Å². The maximum absolute atomic E-state index is 10.6. The molecule has 0 radical (unpaired) electrons. The average molecular weight is 286 g/mol. The van der Waals surface area contributed by atoms with Gasteiger partial charge in [-0.15, -0.1) is 0 Å². The molecular formula is C10H10N2O6S. The Labute approximate surface area is 111 Å². The first-order valence-electron chi connectivity index (χ1n) is 4.99. The third-order valence-corrected chi connectivity index (χ3v) is 2.90. The van der Waals surface area contributed by atoms with Crippen molar-refractivity contribution in [1.82, 2.24) is 4.31 Å². The van der Waals surface area contributed by atoms with E-state index in [1.807, 2.05) is 0 Å². The quantitative estimate of drug-likeness (QED) is 0.433. The number of rotatable bonds is 7. The Kier molecular flexibility index (Phi) is 5.27. The van der Waals surface area contributed by atoms with Crippen LogP contribution in [0.5, 0.6) is 0 Å². The highest BCUT2D eigenvalue weighted by atomic mass is 32.2. The van der Waals surface area contributed by atoms with Crippen molar-refractivity contribution >= 4 is 29.6 Å². The van der Waals surface area contributed by atoms with Gasteiger partial charge in [0.05, 0.1) is 4.92 Å². The summed E-state index contributed by atoms with van der Waals surface area (Å²) in [6.45, 7) is -0.901. The van der Waals surface area contributed by atoms with Crippen LogP contribution in [0.15, 0.2) is 29.2 Å². The summed E-state index contributed by atoms with van der Waals surface area (Å²) in [5, 5.41) is 27.8. The molecule has 0 saturated carbocycles. The second kappa shape index (κ2) is 6.71. The van der Waals surface area contributed by atoms with Crippen LogP contribution in [0.25, 0.3) is 0 Å². The molecule has 0 aliphatic carbocycles. The zero-order valence-electron chi connectivity index (χ0n) is 9.55. The number of non-ortho nitro benzene ring substituents is 1. The number of benzene rings is 1. The fourth-order valence-corrected chi connectivity index (χ4v) is 2.11. The van der Waals surface area contributed by atoms with Crippen LogP contribution in [0.1, 0.15) is 0 Å². The largest absolute Gasteiger partial charge is 0.480 e. The highest BCUT2D eigenvalue weighted by Gasteiger charge is 2.15. The van der Waals surface area contributed by atoms with Crippen LogP contribution in [0.4, 0.5) is 5.69 Å². The van der Waals surface area contributed by atoms with Gasteiger partial charge in [0.1, 0.15) is 13.1 Å². The molecule has 1 rings (SSSR count). The van der Waals surface area contributed by atoms with Crippen LogP contribution >= 0.6 is 11.9 Å². The molecule has 0 bridgehead atoms.